The van der Waals surface area contributed by atoms with E-state index in [1.54, 1.807) is 45.0 Å². The van der Waals surface area contributed by atoms with Crippen molar-refractivity contribution in [1.82, 2.24) is 15.1 Å². The predicted octanol–water partition coefficient (Wildman–Crippen LogP) is 6.56. The summed E-state index contributed by atoms with van der Waals surface area (Å²) in [6.07, 6.45) is -2.12. The largest absolute Gasteiger partial charge is 0.573 e. The molecule has 13 heteroatoms. The summed E-state index contributed by atoms with van der Waals surface area (Å²) in [7, 11) is 0. The molecular formula is C34H41F4N3O6. The lowest BCUT2D eigenvalue weighted by molar-refractivity contribution is -0.274. The number of allylic oxidation sites excluding steroid dienone is 1. The molecule has 3 rings (SSSR count). The SMILES string of the molecule is CC=C(CCC(C)(C)c1cc(CNC(=O)C(C)c2ccc(COCCO)c(F)c2)n(-c2cccc(OC(F)(F)F)c2)n1)C(C)C(=O)O. The minimum Gasteiger partial charge on any atom is -0.481 e. The highest BCUT2D eigenvalue weighted by molar-refractivity contribution is 5.83. The van der Waals surface area contributed by atoms with Crippen LogP contribution in [0.3, 0.4) is 0 Å². The van der Waals surface area contributed by atoms with Crippen molar-refractivity contribution < 1.29 is 46.8 Å². The number of aliphatic hydroxyl groups is 1. The number of nitrogens with one attached hydrogen (secondary N) is 1. The van der Waals surface area contributed by atoms with Crippen molar-refractivity contribution in [3.63, 3.8) is 0 Å². The first kappa shape index (κ1) is 37.2. The molecule has 0 fully saturated rings. The van der Waals surface area contributed by atoms with Gasteiger partial charge in [0.1, 0.15) is 11.6 Å². The van der Waals surface area contributed by atoms with Crippen LogP contribution in [0, 0.1) is 11.7 Å². The van der Waals surface area contributed by atoms with Crippen molar-refractivity contribution in [2.75, 3.05) is 13.2 Å². The molecule has 3 N–H and O–H groups in total. The Morgan fingerprint density at radius 2 is 1.83 bits per heavy atom. The minimum atomic E-state index is -4.90. The van der Waals surface area contributed by atoms with Crippen molar-refractivity contribution in [2.24, 2.45) is 5.92 Å². The molecule has 1 heterocycles. The van der Waals surface area contributed by atoms with E-state index >= 15 is 0 Å². The molecule has 0 aliphatic heterocycles. The number of carboxylic acids is 1. The zero-order chi connectivity index (χ0) is 34.9. The Labute approximate surface area is 271 Å². The quantitative estimate of drug-likeness (QED) is 0.0901. The van der Waals surface area contributed by atoms with E-state index in [0.717, 1.165) is 5.57 Å². The number of amides is 1. The summed E-state index contributed by atoms with van der Waals surface area (Å²) in [4.78, 5) is 24.8. The highest BCUT2D eigenvalue weighted by Crippen LogP contribution is 2.33. The number of hydrogen-bond acceptors (Lipinski definition) is 6. The lowest BCUT2D eigenvalue weighted by atomic mass is 9.81. The average Bonchev–Trinajstić information content (AvgIpc) is 3.45. The number of carbonyl (C=O) groups is 2. The number of aromatic nitrogens is 2. The maximum atomic E-state index is 14.7. The van der Waals surface area contributed by atoms with Gasteiger partial charge in [-0.15, -0.1) is 13.2 Å². The summed E-state index contributed by atoms with van der Waals surface area (Å²) in [5.74, 6) is -3.76. The number of carbonyl (C=O) groups excluding carboxylic acids is 1. The van der Waals surface area contributed by atoms with Crippen LogP contribution in [0.25, 0.3) is 5.69 Å². The van der Waals surface area contributed by atoms with Crippen LogP contribution in [0.15, 0.2) is 60.2 Å². The van der Waals surface area contributed by atoms with Gasteiger partial charge in [-0.05, 0) is 63.4 Å². The second-order valence-corrected chi connectivity index (χ2v) is 11.9. The second kappa shape index (κ2) is 16.1. The molecule has 0 saturated heterocycles. The van der Waals surface area contributed by atoms with Gasteiger partial charge in [0.05, 0.1) is 55.3 Å². The van der Waals surface area contributed by atoms with Crippen molar-refractivity contribution >= 4 is 11.9 Å². The Morgan fingerprint density at radius 3 is 2.45 bits per heavy atom. The highest BCUT2D eigenvalue weighted by Gasteiger charge is 2.32. The fraction of sp³-hybridized carbons (Fsp3) is 0.441. The van der Waals surface area contributed by atoms with Crippen LogP contribution in [0.5, 0.6) is 5.75 Å². The second-order valence-electron chi connectivity index (χ2n) is 11.9. The molecule has 1 amide bonds. The van der Waals surface area contributed by atoms with Crippen LogP contribution in [0.2, 0.25) is 0 Å². The number of ether oxygens (including phenoxy) is 2. The Balaban J connectivity index is 1.88. The Morgan fingerprint density at radius 1 is 1.11 bits per heavy atom. The molecule has 256 valence electrons. The van der Waals surface area contributed by atoms with Gasteiger partial charge >= 0.3 is 12.3 Å². The predicted molar refractivity (Wildman–Crippen MR) is 166 cm³/mol. The van der Waals surface area contributed by atoms with Gasteiger partial charge in [0, 0.05) is 17.0 Å². The number of hydrogen-bond donors (Lipinski definition) is 3. The van der Waals surface area contributed by atoms with Crippen molar-refractivity contribution in [1.29, 1.82) is 0 Å². The molecule has 1 aromatic heterocycles. The molecule has 0 aliphatic rings. The maximum Gasteiger partial charge on any atom is 0.573 e. The van der Waals surface area contributed by atoms with Crippen LogP contribution >= 0.6 is 0 Å². The van der Waals surface area contributed by atoms with Gasteiger partial charge in [-0.25, -0.2) is 9.07 Å². The third-order valence-corrected chi connectivity index (χ3v) is 8.02. The van der Waals surface area contributed by atoms with Gasteiger partial charge in [-0.1, -0.05) is 43.7 Å². The number of aliphatic carboxylic acids is 1. The standard InChI is InChI=1S/C34H41F4N3O6/c1-6-23(22(3)32(44)45)12-13-33(4,5)30-18-27(41(40-30)26-8-7-9-28(17-26)47-34(36,37)38)19-39-31(43)21(2)24-10-11-25(29(35)16-24)20-46-15-14-42/h6-11,16-18,21-22,42H,12-15,19-20H2,1-5H3,(H,39,43)(H,44,45). The summed E-state index contributed by atoms with van der Waals surface area (Å²) in [5, 5.41) is 25.9. The van der Waals surface area contributed by atoms with Crippen LogP contribution in [-0.4, -0.2) is 51.4 Å². The fourth-order valence-electron chi connectivity index (χ4n) is 4.95. The molecule has 0 spiro atoms. The summed E-state index contributed by atoms with van der Waals surface area (Å²) in [6, 6.07) is 11.4. The van der Waals surface area contributed by atoms with Gasteiger partial charge in [0.15, 0.2) is 0 Å². The van der Waals surface area contributed by atoms with Gasteiger partial charge in [-0.2, -0.15) is 5.10 Å². The average molecular weight is 664 g/mol. The molecule has 2 unspecified atom stereocenters. The van der Waals surface area contributed by atoms with E-state index < -0.39 is 47.1 Å². The van der Waals surface area contributed by atoms with E-state index in [1.165, 1.54) is 35.0 Å². The molecule has 0 aliphatic carbocycles. The Kier molecular flexibility index (Phi) is 12.7. The molecular weight excluding hydrogens is 622 g/mol. The normalized spacial score (nSPS) is 13.7. The van der Waals surface area contributed by atoms with Gasteiger partial charge in [0.2, 0.25) is 5.91 Å². The number of aliphatic hydroxyl groups excluding tert-OH is 1. The molecule has 3 aromatic rings. The zero-order valence-electron chi connectivity index (χ0n) is 27.0. The van der Waals surface area contributed by atoms with Crippen LogP contribution in [0.4, 0.5) is 17.6 Å². The molecule has 47 heavy (non-hydrogen) atoms. The molecule has 0 radical (unpaired) electrons. The summed E-state index contributed by atoms with van der Waals surface area (Å²) < 4.78 is 64.3. The molecule has 0 bridgehead atoms. The first-order chi connectivity index (χ1) is 22.1. The van der Waals surface area contributed by atoms with E-state index in [2.05, 4.69) is 10.1 Å². The maximum absolute atomic E-state index is 14.7. The Bertz CT molecular complexity index is 1570. The first-order valence-corrected chi connectivity index (χ1v) is 15.1. The van der Waals surface area contributed by atoms with Crippen LogP contribution < -0.4 is 10.1 Å². The topological polar surface area (TPSA) is 123 Å². The van der Waals surface area contributed by atoms with E-state index in [4.69, 9.17) is 14.9 Å². The third kappa shape index (κ3) is 10.4. The molecule has 0 saturated carbocycles. The zero-order valence-corrected chi connectivity index (χ0v) is 27.0. The smallest absolute Gasteiger partial charge is 0.481 e. The summed E-state index contributed by atoms with van der Waals surface area (Å²) >= 11 is 0. The highest BCUT2D eigenvalue weighted by atomic mass is 19.4. The van der Waals surface area contributed by atoms with Crippen LogP contribution in [0.1, 0.15) is 75.9 Å². The molecule has 9 nitrogen and oxygen atoms in total. The van der Waals surface area contributed by atoms with E-state index in [9.17, 15) is 32.3 Å². The van der Waals surface area contributed by atoms with Crippen LogP contribution in [-0.2, 0) is 32.9 Å². The van der Waals surface area contributed by atoms with Crippen molar-refractivity contribution in [3.8, 4) is 11.4 Å². The molecule has 2 atom stereocenters. The third-order valence-electron chi connectivity index (χ3n) is 8.02. The van der Waals surface area contributed by atoms with Crippen molar-refractivity contribution in [2.45, 2.75) is 78.3 Å². The number of rotatable bonds is 16. The number of benzene rings is 2. The van der Waals surface area contributed by atoms with Gasteiger partial charge < -0.3 is 25.0 Å². The van der Waals surface area contributed by atoms with Gasteiger partial charge in [-0.3, -0.25) is 9.59 Å². The van der Waals surface area contributed by atoms with E-state index in [0.29, 0.717) is 29.8 Å². The lowest BCUT2D eigenvalue weighted by Crippen LogP contribution is -2.28. The number of halogens is 4. The fourth-order valence-corrected chi connectivity index (χ4v) is 4.95. The molecule has 2 aromatic carbocycles. The van der Waals surface area contributed by atoms with E-state index in [1.807, 2.05) is 13.8 Å². The number of nitrogens with zero attached hydrogens (tertiary/aromatic N) is 2. The summed E-state index contributed by atoms with van der Waals surface area (Å²) in [5.41, 5.74) is 2.18. The monoisotopic (exact) mass is 663 g/mol. The number of carboxylic acid groups (broad SMARTS) is 1. The first-order valence-electron chi connectivity index (χ1n) is 15.1. The van der Waals surface area contributed by atoms with Gasteiger partial charge in [0.25, 0.3) is 0 Å². The number of alkyl halides is 3. The summed E-state index contributed by atoms with van der Waals surface area (Å²) in [6.45, 7) is 8.67. The van der Waals surface area contributed by atoms with Crippen molar-refractivity contribution in [3.05, 3.63) is 88.5 Å². The minimum absolute atomic E-state index is 0.0280. The lowest BCUT2D eigenvalue weighted by Gasteiger charge is -2.24. The Hall–Kier alpha value is -4.23. The van der Waals surface area contributed by atoms with E-state index in [-0.39, 0.29) is 37.6 Å².